The first-order valence-electron chi connectivity index (χ1n) is 5.05. The van der Waals surface area contributed by atoms with Gasteiger partial charge in [0.25, 0.3) is 0 Å². The van der Waals surface area contributed by atoms with Gasteiger partial charge in [0.2, 0.25) is 5.91 Å². The van der Waals surface area contributed by atoms with Crippen LogP contribution in [-0.4, -0.2) is 54.1 Å². The third-order valence-corrected chi connectivity index (χ3v) is 2.18. The minimum Gasteiger partial charge on any atom is -0.465 e. The second-order valence-corrected chi connectivity index (χ2v) is 3.97. The van der Waals surface area contributed by atoms with Crippen molar-refractivity contribution < 1.29 is 14.7 Å². The Kier molecular flexibility index (Phi) is 5.74. The van der Waals surface area contributed by atoms with E-state index in [1.807, 2.05) is 13.8 Å². The van der Waals surface area contributed by atoms with Gasteiger partial charge in [-0.3, -0.25) is 4.79 Å². The zero-order valence-electron chi connectivity index (χ0n) is 9.86. The highest BCUT2D eigenvalue weighted by molar-refractivity contribution is 5.77. The molecule has 5 heteroatoms. The summed E-state index contributed by atoms with van der Waals surface area (Å²) in [5, 5.41) is 8.59. The molecule has 0 aromatic rings. The topological polar surface area (TPSA) is 60.9 Å². The van der Waals surface area contributed by atoms with Crippen LogP contribution in [0, 0.1) is 5.92 Å². The Morgan fingerprint density at radius 1 is 1.13 bits per heavy atom. The molecule has 0 aliphatic heterocycles. The van der Waals surface area contributed by atoms with Gasteiger partial charge in [-0.05, 0) is 6.42 Å². The summed E-state index contributed by atoms with van der Waals surface area (Å²) in [6, 6.07) is 0. The highest BCUT2D eigenvalue weighted by atomic mass is 16.4. The molecule has 0 aliphatic carbocycles. The standard InChI is InChI=1S/C10H20N2O3/c1-8(2)9(13)11(3)6-5-7-12(4)10(14)15/h8H,5-7H2,1-4H3,(H,14,15). The summed E-state index contributed by atoms with van der Waals surface area (Å²) in [5.74, 6) is 0.0835. The van der Waals surface area contributed by atoms with Gasteiger partial charge in [-0.15, -0.1) is 0 Å². The third kappa shape index (κ3) is 5.24. The second-order valence-electron chi connectivity index (χ2n) is 3.97. The molecular formula is C10H20N2O3. The van der Waals surface area contributed by atoms with E-state index in [0.29, 0.717) is 19.5 Å². The zero-order chi connectivity index (χ0) is 12.0. The van der Waals surface area contributed by atoms with Crippen LogP contribution in [0.4, 0.5) is 4.79 Å². The maximum Gasteiger partial charge on any atom is 0.407 e. The van der Waals surface area contributed by atoms with E-state index in [4.69, 9.17) is 5.11 Å². The van der Waals surface area contributed by atoms with Crippen molar-refractivity contribution in [2.24, 2.45) is 5.92 Å². The zero-order valence-corrected chi connectivity index (χ0v) is 9.86. The molecule has 0 aromatic carbocycles. The summed E-state index contributed by atoms with van der Waals surface area (Å²) in [6.45, 7) is 4.74. The number of nitrogens with zero attached hydrogens (tertiary/aromatic N) is 2. The minimum absolute atomic E-state index is 0.00722. The van der Waals surface area contributed by atoms with Gasteiger partial charge in [0.05, 0.1) is 0 Å². The predicted octanol–water partition coefficient (Wildman–Crippen LogP) is 1.10. The molecule has 0 spiro atoms. The van der Waals surface area contributed by atoms with Crippen LogP contribution in [0.3, 0.4) is 0 Å². The Morgan fingerprint density at radius 2 is 1.60 bits per heavy atom. The molecule has 0 saturated carbocycles. The van der Waals surface area contributed by atoms with Crippen LogP contribution in [0.2, 0.25) is 0 Å². The molecular weight excluding hydrogens is 196 g/mol. The largest absolute Gasteiger partial charge is 0.465 e. The molecule has 0 atom stereocenters. The fraction of sp³-hybridized carbons (Fsp3) is 0.800. The molecule has 0 aromatic heterocycles. The SMILES string of the molecule is CC(C)C(=O)N(C)CCCN(C)C(=O)O. The lowest BCUT2D eigenvalue weighted by atomic mass is 10.2. The number of amides is 2. The Bertz CT molecular complexity index is 229. The maximum atomic E-state index is 11.4. The van der Waals surface area contributed by atoms with E-state index in [1.165, 1.54) is 11.9 Å². The van der Waals surface area contributed by atoms with Gasteiger partial charge < -0.3 is 14.9 Å². The Hall–Kier alpha value is -1.26. The van der Waals surface area contributed by atoms with Crippen molar-refractivity contribution in [3.63, 3.8) is 0 Å². The first-order chi connectivity index (χ1) is 6.86. The van der Waals surface area contributed by atoms with Gasteiger partial charge in [0, 0.05) is 33.1 Å². The smallest absolute Gasteiger partial charge is 0.407 e. The number of carbonyl (C=O) groups is 2. The second kappa shape index (κ2) is 6.27. The summed E-state index contributed by atoms with van der Waals surface area (Å²) in [6.07, 6.45) is -0.273. The average molecular weight is 216 g/mol. The normalized spacial score (nSPS) is 10.2. The molecule has 0 rings (SSSR count). The van der Waals surface area contributed by atoms with Crippen LogP contribution in [-0.2, 0) is 4.79 Å². The number of carbonyl (C=O) groups excluding carboxylic acids is 1. The van der Waals surface area contributed by atoms with Crippen LogP contribution in [0.5, 0.6) is 0 Å². The molecule has 15 heavy (non-hydrogen) atoms. The number of hydrogen-bond donors (Lipinski definition) is 1. The number of rotatable bonds is 5. The van der Waals surface area contributed by atoms with Gasteiger partial charge in [0.1, 0.15) is 0 Å². The van der Waals surface area contributed by atoms with Gasteiger partial charge >= 0.3 is 6.09 Å². The van der Waals surface area contributed by atoms with Crippen molar-refractivity contribution in [1.29, 1.82) is 0 Å². The van der Waals surface area contributed by atoms with E-state index in [-0.39, 0.29) is 11.8 Å². The highest BCUT2D eigenvalue weighted by Gasteiger charge is 2.12. The maximum absolute atomic E-state index is 11.4. The molecule has 0 saturated heterocycles. The molecule has 0 aliphatic rings. The van der Waals surface area contributed by atoms with Crippen LogP contribution >= 0.6 is 0 Å². The fourth-order valence-electron chi connectivity index (χ4n) is 1.19. The number of carboxylic acid groups (broad SMARTS) is 1. The lowest BCUT2D eigenvalue weighted by Crippen LogP contribution is -2.34. The lowest BCUT2D eigenvalue weighted by molar-refractivity contribution is -0.133. The van der Waals surface area contributed by atoms with Crippen molar-refractivity contribution in [1.82, 2.24) is 9.80 Å². The van der Waals surface area contributed by atoms with E-state index in [2.05, 4.69) is 0 Å². The van der Waals surface area contributed by atoms with E-state index in [0.717, 1.165) is 0 Å². The summed E-state index contributed by atoms with van der Waals surface area (Å²) in [4.78, 5) is 24.8. The Morgan fingerprint density at radius 3 is 2.00 bits per heavy atom. The molecule has 0 radical (unpaired) electrons. The van der Waals surface area contributed by atoms with Crippen LogP contribution in [0.1, 0.15) is 20.3 Å². The predicted molar refractivity (Wildman–Crippen MR) is 57.7 cm³/mol. The van der Waals surface area contributed by atoms with Crippen molar-refractivity contribution in [2.75, 3.05) is 27.2 Å². The third-order valence-electron chi connectivity index (χ3n) is 2.18. The molecule has 0 bridgehead atoms. The minimum atomic E-state index is -0.937. The summed E-state index contributed by atoms with van der Waals surface area (Å²) in [5.41, 5.74) is 0. The van der Waals surface area contributed by atoms with Crippen molar-refractivity contribution in [2.45, 2.75) is 20.3 Å². The Labute approximate surface area is 90.7 Å². The quantitative estimate of drug-likeness (QED) is 0.748. The first-order valence-corrected chi connectivity index (χ1v) is 5.05. The van der Waals surface area contributed by atoms with Crippen LogP contribution in [0.25, 0.3) is 0 Å². The molecule has 2 amide bonds. The highest BCUT2D eigenvalue weighted by Crippen LogP contribution is 2.00. The summed E-state index contributed by atoms with van der Waals surface area (Å²) >= 11 is 0. The van der Waals surface area contributed by atoms with E-state index in [9.17, 15) is 9.59 Å². The lowest BCUT2D eigenvalue weighted by Gasteiger charge is -2.20. The molecule has 0 heterocycles. The van der Waals surface area contributed by atoms with E-state index in [1.54, 1.807) is 11.9 Å². The molecule has 5 nitrogen and oxygen atoms in total. The molecule has 0 unspecified atom stereocenters. The summed E-state index contributed by atoms with van der Waals surface area (Å²) < 4.78 is 0. The van der Waals surface area contributed by atoms with Gasteiger partial charge in [-0.25, -0.2) is 4.79 Å². The molecule has 1 N–H and O–H groups in total. The van der Waals surface area contributed by atoms with Crippen LogP contribution < -0.4 is 0 Å². The monoisotopic (exact) mass is 216 g/mol. The van der Waals surface area contributed by atoms with Gasteiger partial charge in [-0.2, -0.15) is 0 Å². The van der Waals surface area contributed by atoms with Crippen molar-refractivity contribution in [3.05, 3.63) is 0 Å². The fourth-order valence-corrected chi connectivity index (χ4v) is 1.19. The van der Waals surface area contributed by atoms with E-state index >= 15 is 0 Å². The van der Waals surface area contributed by atoms with Crippen LogP contribution in [0.15, 0.2) is 0 Å². The van der Waals surface area contributed by atoms with Crippen molar-refractivity contribution in [3.8, 4) is 0 Å². The summed E-state index contributed by atoms with van der Waals surface area (Å²) in [7, 11) is 3.26. The molecule has 0 fully saturated rings. The van der Waals surface area contributed by atoms with Crippen molar-refractivity contribution >= 4 is 12.0 Å². The Balaban J connectivity index is 3.77. The van der Waals surface area contributed by atoms with Gasteiger partial charge in [0.15, 0.2) is 0 Å². The molecule has 88 valence electrons. The van der Waals surface area contributed by atoms with Gasteiger partial charge in [-0.1, -0.05) is 13.8 Å². The van der Waals surface area contributed by atoms with E-state index < -0.39 is 6.09 Å². The number of hydrogen-bond acceptors (Lipinski definition) is 2. The average Bonchev–Trinajstić information content (AvgIpc) is 2.15. The first kappa shape index (κ1) is 13.7.